The van der Waals surface area contributed by atoms with E-state index >= 15 is 0 Å². The van der Waals surface area contributed by atoms with E-state index in [9.17, 15) is 33.6 Å². The van der Waals surface area contributed by atoms with E-state index < -0.39 is 79.0 Å². The van der Waals surface area contributed by atoms with E-state index in [4.69, 9.17) is 16.6 Å². The minimum absolute atomic E-state index is 0.0708. The van der Waals surface area contributed by atoms with Crippen LogP contribution >= 0.6 is 0 Å². The minimum atomic E-state index is -1.47. The highest BCUT2D eigenvalue weighted by Crippen LogP contribution is 2.08. The molecule has 0 aliphatic heterocycles. The van der Waals surface area contributed by atoms with E-state index in [1.54, 1.807) is 20.8 Å². The van der Waals surface area contributed by atoms with Crippen LogP contribution in [-0.4, -0.2) is 84.3 Å². The zero-order valence-electron chi connectivity index (χ0n) is 21.6. The molecule has 0 saturated heterocycles. The van der Waals surface area contributed by atoms with Crippen molar-refractivity contribution in [3.63, 3.8) is 0 Å². The van der Waals surface area contributed by atoms with E-state index in [0.29, 0.717) is 6.42 Å². The van der Waals surface area contributed by atoms with Gasteiger partial charge in [-0.1, -0.05) is 34.1 Å². The third-order valence-electron chi connectivity index (χ3n) is 5.23. The number of primary amides is 1. The van der Waals surface area contributed by atoms with Crippen LogP contribution in [-0.2, 0) is 33.6 Å². The van der Waals surface area contributed by atoms with Gasteiger partial charge in [-0.3, -0.25) is 33.6 Å². The molecule has 0 unspecified atom stereocenters. The molecule has 0 aliphatic rings. The highest BCUT2D eigenvalue weighted by atomic mass is 16.4. The monoisotopic (exact) mass is 529 g/mol. The van der Waals surface area contributed by atoms with E-state index in [2.05, 4.69) is 26.6 Å². The summed E-state index contributed by atoms with van der Waals surface area (Å²) in [6, 6.07) is -3.55. The normalized spacial score (nSPS) is 13.9. The lowest BCUT2D eigenvalue weighted by atomic mass is 9.98. The molecule has 0 bridgehead atoms. The van der Waals surface area contributed by atoms with E-state index in [1.807, 2.05) is 6.92 Å². The molecule has 15 heteroatoms. The van der Waals surface area contributed by atoms with Crippen LogP contribution in [0.15, 0.2) is 0 Å². The molecule has 0 spiro atoms. The summed E-state index contributed by atoms with van der Waals surface area (Å²) in [5.41, 5.74) is 10.5. The quantitative estimate of drug-likeness (QED) is 0.0937. The second-order valence-corrected chi connectivity index (χ2v) is 8.95. The molecule has 0 radical (unpaired) electrons. The first-order valence-corrected chi connectivity index (χ1v) is 11.9. The van der Waals surface area contributed by atoms with E-state index in [-0.39, 0.29) is 24.8 Å². The maximum atomic E-state index is 12.8. The van der Waals surface area contributed by atoms with E-state index in [1.165, 1.54) is 0 Å². The lowest BCUT2D eigenvalue weighted by Gasteiger charge is -2.24. The van der Waals surface area contributed by atoms with Gasteiger partial charge in [0.05, 0.1) is 19.5 Å². The lowest BCUT2D eigenvalue weighted by molar-refractivity contribution is -0.139. The average molecular weight is 530 g/mol. The van der Waals surface area contributed by atoms with Crippen molar-refractivity contribution < 1.29 is 38.7 Å². The third kappa shape index (κ3) is 13.8. The summed E-state index contributed by atoms with van der Waals surface area (Å²) in [6.07, 6.45) is 0.0995. The van der Waals surface area contributed by atoms with Gasteiger partial charge in [-0.25, -0.2) is 0 Å². The molecular weight excluding hydrogens is 490 g/mol. The Kier molecular flexibility index (Phi) is 15.1. The fourth-order valence-corrected chi connectivity index (χ4v) is 3.13. The molecule has 0 aromatic rings. The predicted molar refractivity (Wildman–Crippen MR) is 131 cm³/mol. The molecule has 6 amide bonds. The van der Waals surface area contributed by atoms with Gasteiger partial charge >= 0.3 is 5.97 Å². The van der Waals surface area contributed by atoms with Gasteiger partial charge in [0, 0.05) is 0 Å². The Balaban J connectivity index is 5.33. The van der Waals surface area contributed by atoms with Gasteiger partial charge in [0.1, 0.15) is 24.7 Å². The van der Waals surface area contributed by atoms with Gasteiger partial charge in [0.2, 0.25) is 35.4 Å². The summed E-state index contributed by atoms with van der Waals surface area (Å²) in [7, 11) is 0. The van der Waals surface area contributed by atoms with Gasteiger partial charge in [-0.2, -0.15) is 0 Å². The molecule has 10 N–H and O–H groups in total. The van der Waals surface area contributed by atoms with Crippen LogP contribution in [0, 0.1) is 11.8 Å². The Bertz CT molecular complexity index is 849. The number of hydrogen-bond acceptors (Lipinski definition) is 8. The highest BCUT2D eigenvalue weighted by molar-refractivity contribution is 5.96. The first-order chi connectivity index (χ1) is 17.2. The molecule has 0 aliphatic carbocycles. The molecule has 0 rings (SSSR count). The molecule has 0 fully saturated rings. The second-order valence-electron chi connectivity index (χ2n) is 8.95. The maximum absolute atomic E-state index is 12.8. The minimum Gasteiger partial charge on any atom is -0.480 e. The Morgan fingerprint density at radius 1 is 0.784 bits per heavy atom. The number of rotatable bonds is 17. The topological polar surface area (TPSA) is 252 Å². The Morgan fingerprint density at radius 3 is 1.86 bits per heavy atom. The van der Waals surface area contributed by atoms with Gasteiger partial charge in [-0.05, 0) is 18.3 Å². The largest absolute Gasteiger partial charge is 0.480 e. The Morgan fingerprint density at radius 2 is 1.38 bits per heavy atom. The van der Waals surface area contributed by atoms with Crippen molar-refractivity contribution in [1.29, 1.82) is 0 Å². The number of carboxylic acid groups (broad SMARTS) is 1. The number of hydrogen-bond donors (Lipinski definition) is 8. The molecule has 0 saturated carbocycles. The zero-order valence-corrected chi connectivity index (χ0v) is 21.6. The summed E-state index contributed by atoms with van der Waals surface area (Å²) < 4.78 is 0. The number of carboxylic acids is 1. The van der Waals surface area contributed by atoms with Crippen LogP contribution in [0.25, 0.3) is 0 Å². The fourth-order valence-electron chi connectivity index (χ4n) is 3.13. The SMILES string of the molecule is CC[C@H](C)[C@H](NC(=O)CN)C(=O)NCC(=O)N[C@@H](CC(N)=O)C(=O)N[C@@H](CC(C)C)C(=O)NCC(=O)O. The third-order valence-corrected chi connectivity index (χ3v) is 5.23. The number of carbonyl (C=O) groups excluding carboxylic acids is 6. The number of aliphatic carboxylic acids is 1. The zero-order chi connectivity index (χ0) is 28.7. The van der Waals surface area contributed by atoms with Crippen LogP contribution in [0.5, 0.6) is 0 Å². The van der Waals surface area contributed by atoms with Crippen molar-refractivity contribution in [3.05, 3.63) is 0 Å². The highest BCUT2D eigenvalue weighted by Gasteiger charge is 2.30. The first-order valence-electron chi connectivity index (χ1n) is 11.9. The predicted octanol–water partition coefficient (Wildman–Crippen LogP) is -3.32. The van der Waals surface area contributed by atoms with Crippen LogP contribution in [0.3, 0.4) is 0 Å². The summed E-state index contributed by atoms with van der Waals surface area (Å²) >= 11 is 0. The molecule has 4 atom stereocenters. The molecule has 210 valence electrons. The Hall–Kier alpha value is -3.75. The molecular formula is C22H39N7O8. The summed E-state index contributed by atoms with van der Waals surface area (Å²) in [4.78, 5) is 84.0. The number of carbonyl (C=O) groups is 7. The number of amides is 6. The van der Waals surface area contributed by atoms with Crippen molar-refractivity contribution in [3.8, 4) is 0 Å². The van der Waals surface area contributed by atoms with Gasteiger partial charge in [-0.15, -0.1) is 0 Å². The van der Waals surface area contributed by atoms with Crippen molar-refractivity contribution in [2.24, 2.45) is 23.3 Å². The maximum Gasteiger partial charge on any atom is 0.322 e. The summed E-state index contributed by atoms with van der Waals surface area (Å²) in [6.45, 7) is 5.53. The molecule has 37 heavy (non-hydrogen) atoms. The summed E-state index contributed by atoms with van der Waals surface area (Å²) in [5.74, 6) is -6.21. The average Bonchev–Trinajstić information content (AvgIpc) is 2.81. The van der Waals surface area contributed by atoms with Crippen LogP contribution < -0.4 is 38.1 Å². The number of nitrogens with two attached hydrogens (primary N) is 2. The first kappa shape index (κ1) is 33.2. The molecule has 0 aromatic heterocycles. The van der Waals surface area contributed by atoms with Crippen molar-refractivity contribution >= 4 is 41.4 Å². The second kappa shape index (κ2) is 16.8. The van der Waals surface area contributed by atoms with Crippen LogP contribution in [0.2, 0.25) is 0 Å². The van der Waals surface area contributed by atoms with Gasteiger partial charge < -0.3 is 43.2 Å². The van der Waals surface area contributed by atoms with Crippen molar-refractivity contribution in [2.45, 2.75) is 65.1 Å². The molecule has 0 aromatic carbocycles. The smallest absolute Gasteiger partial charge is 0.322 e. The number of nitrogens with one attached hydrogen (secondary N) is 5. The molecule has 15 nitrogen and oxygen atoms in total. The standard InChI is InChI=1S/C22H39N7O8/c1-5-12(4)19(29-16(31)8-23)22(37)25-9-17(32)27-14(7-15(24)30)21(36)28-13(6-11(2)3)20(35)26-10-18(33)34/h11-14,19H,5-10,23H2,1-4H3,(H2,24,30)(H,25,37)(H,26,35)(H,27,32)(H,28,36)(H,29,31)(H,33,34)/t12-,13-,14-,19-/m0/s1. The van der Waals surface area contributed by atoms with E-state index in [0.717, 1.165) is 0 Å². The molecule has 0 heterocycles. The van der Waals surface area contributed by atoms with Gasteiger partial charge in [0.15, 0.2) is 0 Å². The van der Waals surface area contributed by atoms with Crippen molar-refractivity contribution in [1.82, 2.24) is 26.6 Å². The lowest BCUT2D eigenvalue weighted by Crippen LogP contribution is -2.57. The van der Waals surface area contributed by atoms with Gasteiger partial charge in [0.25, 0.3) is 0 Å². The summed E-state index contributed by atoms with van der Waals surface area (Å²) in [5, 5.41) is 20.5. The Labute approximate surface area is 215 Å². The van der Waals surface area contributed by atoms with Crippen LogP contribution in [0.4, 0.5) is 0 Å². The van der Waals surface area contributed by atoms with Crippen molar-refractivity contribution in [2.75, 3.05) is 19.6 Å². The van der Waals surface area contributed by atoms with Crippen LogP contribution in [0.1, 0.15) is 47.0 Å². The fraction of sp³-hybridized carbons (Fsp3) is 0.682.